The van der Waals surface area contributed by atoms with E-state index in [1.165, 1.54) is 24.0 Å². The summed E-state index contributed by atoms with van der Waals surface area (Å²) in [5.74, 6) is 0. The minimum Gasteiger partial charge on any atom is -0.381 e. The van der Waals surface area contributed by atoms with E-state index in [0.29, 0.717) is 12.1 Å². The summed E-state index contributed by atoms with van der Waals surface area (Å²) in [6, 6.07) is 10.1. The summed E-state index contributed by atoms with van der Waals surface area (Å²) in [6.07, 6.45) is 3.48. The van der Waals surface area contributed by atoms with Crippen LogP contribution < -0.4 is 0 Å². The molecule has 1 unspecified atom stereocenters. The Morgan fingerprint density at radius 3 is 2.72 bits per heavy atom. The molecule has 2 rings (SSSR count). The van der Waals surface area contributed by atoms with Crippen LogP contribution in [-0.2, 0) is 11.2 Å². The molecule has 1 aliphatic rings. The number of hydrogen-bond acceptors (Lipinski definition) is 2. The molecule has 2 heteroatoms. The molecule has 2 nitrogen and oxygen atoms in total. The zero-order valence-corrected chi connectivity index (χ0v) is 11.9. The zero-order valence-electron chi connectivity index (χ0n) is 11.9. The van der Waals surface area contributed by atoms with Crippen LogP contribution in [0, 0.1) is 6.92 Å². The Morgan fingerprint density at radius 1 is 1.33 bits per heavy atom. The van der Waals surface area contributed by atoms with Crippen molar-refractivity contribution in [3.8, 4) is 0 Å². The molecule has 1 aromatic carbocycles. The largest absolute Gasteiger partial charge is 0.381 e. The number of rotatable bonds is 4. The maximum atomic E-state index is 5.44. The van der Waals surface area contributed by atoms with E-state index in [0.717, 1.165) is 19.6 Å². The van der Waals surface area contributed by atoms with E-state index in [4.69, 9.17) is 4.74 Å². The molecule has 0 bridgehead atoms. The van der Waals surface area contributed by atoms with Gasteiger partial charge in [-0.25, -0.2) is 0 Å². The molecule has 0 amide bonds. The van der Waals surface area contributed by atoms with Crippen molar-refractivity contribution in [3.05, 3.63) is 35.4 Å². The minimum absolute atomic E-state index is 0.592. The van der Waals surface area contributed by atoms with Crippen LogP contribution in [-0.4, -0.2) is 37.2 Å². The maximum absolute atomic E-state index is 5.44. The van der Waals surface area contributed by atoms with Crippen LogP contribution in [0.4, 0.5) is 0 Å². The highest BCUT2D eigenvalue weighted by Gasteiger charge is 2.22. The Bertz CT molecular complexity index is 371. The monoisotopic (exact) mass is 247 g/mol. The van der Waals surface area contributed by atoms with Gasteiger partial charge in [0.05, 0.1) is 0 Å². The number of aryl methyl sites for hydroxylation is 1. The Hall–Kier alpha value is -0.860. The van der Waals surface area contributed by atoms with E-state index in [2.05, 4.69) is 50.1 Å². The van der Waals surface area contributed by atoms with Crippen molar-refractivity contribution in [3.63, 3.8) is 0 Å². The summed E-state index contributed by atoms with van der Waals surface area (Å²) in [5, 5.41) is 0. The first-order chi connectivity index (χ1) is 8.66. The fraction of sp³-hybridized carbons (Fsp3) is 0.625. The Balaban J connectivity index is 1.92. The van der Waals surface area contributed by atoms with Gasteiger partial charge in [0, 0.05) is 25.3 Å². The normalized spacial score (nSPS) is 19.1. The van der Waals surface area contributed by atoms with Gasteiger partial charge in [-0.15, -0.1) is 0 Å². The molecule has 1 aliphatic heterocycles. The lowest BCUT2D eigenvalue weighted by molar-refractivity contribution is 0.0312. The summed E-state index contributed by atoms with van der Waals surface area (Å²) >= 11 is 0. The lowest BCUT2D eigenvalue weighted by atomic mass is 10.0. The van der Waals surface area contributed by atoms with Gasteiger partial charge in [0.1, 0.15) is 0 Å². The standard InChI is InChI=1S/C16H25NO/c1-13-5-4-6-15(11-13)12-14(2)17(3)16-7-9-18-10-8-16/h4-6,11,14,16H,7-10,12H2,1-3H3. The molecule has 1 aromatic rings. The van der Waals surface area contributed by atoms with Crippen LogP contribution in [0.15, 0.2) is 24.3 Å². The number of benzene rings is 1. The number of nitrogens with zero attached hydrogens (tertiary/aromatic N) is 1. The molecule has 0 saturated carbocycles. The average Bonchev–Trinajstić information content (AvgIpc) is 2.39. The van der Waals surface area contributed by atoms with E-state index in [1.807, 2.05) is 0 Å². The van der Waals surface area contributed by atoms with Crippen molar-refractivity contribution >= 4 is 0 Å². The van der Waals surface area contributed by atoms with E-state index in [1.54, 1.807) is 0 Å². The van der Waals surface area contributed by atoms with Gasteiger partial charge in [-0.05, 0) is 45.7 Å². The van der Waals surface area contributed by atoms with Gasteiger partial charge in [0.25, 0.3) is 0 Å². The molecule has 0 spiro atoms. The van der Waals surface area contributed by atoms with Crippen LogP contribution >= 0.6 is 0 Å². The minimum atomic E-state index is 0.592. The molecule has 18 heavy (non-hydrogen) atoms. The highest BCUT2D eigenvalue weighted by molar-refractivity contribution is 5.22. The van der Waals surface area contributed by atoms with Gasteiger partial charge in [-0.2, -0.15) is 0 Å². The van der Waals surface area contributed by atoms with Crippen molar-refractivity contribution in [1.29, 1.82) is 0 Å². The first-order valence-electron chi connectivity index (χ1n) is 7.02. The molecule has 1 heterocycles. The molecule has 0 aliphatic carbocycles. The van der Waals surface area contributed by atoms with Crippen LogP contribution in [0.3, 0.4) is 0 Å². The molecule has 0 radical (unpaired) electrons. The van der Waals surface area contributed by atoms with Crippen LogP contribution in [0.1, 0.15) is 30.9 Å². The molecule has 0 N–H and O–H groups in total. The van der Waals surface area contributed by atoms with Crippen LogP contribution in [0.2, 0.25) is 0 Å². The molecule has 1 atom stereocenters. The Morgan fingerprint density at radius 2 is 2.06 bits per heavy atom. The second kappa shape index (κ2) is 6.35. The smallest absolute Gasteiger partial charge is 0.0480 e. The topological polar surface area (TPSA) is 12.5 Å². The van der Waals surface area contributed by atoms with E-state index >= 15 is 0 Å². The fourth-order valence-electron chi connectivity index (χ4n) is 2.78. The summed E-state index contributed by atoms with van der Waals surface area (Å²) in [5.41, 5.74) is 2.80. The van der Waals surface area contributed by atoms with Crippen molar-refractivity contribution in [2.24, 2.45) is 0 Å². The van der Waals surface area contributed by atoms with Gasteiger partial charge in [-0.1, -0.05) is 29.8 Å². The van der Waals surface area contributed by atoms with E-state index in [-0.39, 0.29) is 0 Å². The lowest BCUT2D eigenvalue weighted by Crippen LogP contribution is -2.42. The van der Waals surface area contributed by atoms with Gasteiger partial charge in [0.15, 0.2) is 0 Å². The van der Waals surface area contributed by atoms with Gasteiger partial charge < -0.3 is 9.64 Å². The predicted molar refractivity (Wildman–Crippen MR) is 75.9 cm³/mol. The quantitative estimate of drug-likeness (QED) is 0.811. The van der Waals surface area contributed by atoms with Crippen molar-refractivity contribution < 1.29 is 4.74 Å². The Labute approximate surface area is 111 Å². The molecule has 1 saturated heterocycles. The molecule has 0 aromatic heterocycles. The zero-order chi connectivity index (χ0) is 13.0. The first-order valence-corrected chi connectivity index (χ1v) is 7.02. The Kier molecular flexibility index (Phi) is 4.79. The van der Waals surface area contributed by atoms with E-state index < -0.39 is 0 Å². The number of ether oxygens (including phenoxy) is 1. The molecular weight excluding hydrogens is 222 g/mol. The van der Waals surface area contributed by atoms with Crippen molar-refractivity contribution in [2.75, 3.05) is 20.3 Å². The van der Waals surface area contributed by atoms with Gasteiger partial charge in [-0.3, -0.25) is 0 Å². The second-order valence-corrected chi connectivity index (χ2v) is 5.55. The van der Waals surface area contributed by atoms with Crippen LogP contribution in [0.5, 0.6) is 0 Å². The summed E-state index contributed by atoms with van der Waals surface area (Å²) in [7, 11) is 2.26. The second-order valence-electron chi connectivity index (χ2n) is 5.55. The van der Waals surface area contributed by atoms with Crippen molar-refractivity contribution in [1.82, 2.24) is 4.90 Å². The van der Waals surface area contributed by atoms with Gasteiger partial charge in [0.2, 0.25) is 0 Å². The third-order valence-electron chi connectivity index (χ3n) is 4.08. The van der Waals surface area contributed by atoms with Crippen molar-refractivity contribution in [2.45, 2.75) is 45.2 Å². The molecular formula is C16H25NO. The predicted octanol–water partition coefficient (Wildman–Crippen LogP) is 3.04. The highest BCUT2D eigenvalue weighted by Crippen LogP contribution is 2.18. The third kappa shape index (κ3) is 3.56. The fourth-order valence-corrected chi connectivity index (χ4v) is 2.78. The summed E-state index contributed by atoms with van der Waals surface area (Å²) < 4.78 is 5.44. The van der Waals surface area contributed by atoms with Crippen LogP contribution in [0.25, 0.3) is 0 Å². The highest BCUT2D eigenvalue weighted by atomic mass is 16.5. The SMILES string of the molecule is Cc1cccc(CC(C)N(C)C2CCOCC2)c1. The molecule has 100 valence electrons. The molecule has 1 fully saturated rings. The van der Waals surface area contributed by atoms with E-state index in [9.17, 15) is 0 Å². The summed E-state index contributed by atoms with van der Waals surface area (Å²) in [6.45, 7) is 6.34. The maximum Gasteiger partial charge on any atom is 0.0480 e. The number of hydrogen-bond donors (Lipinski definition) is 0. The number of likely N-dealkylation sites (N-methyl/N-ethyl adjacent to an activating group) is 1. The first kappa shape index (κ1) is 13.6. The van der Waals surface area contributed by atoms with Gasteiger partial charge >= 0.3 is 0 Å². The summed E-state index contributed by atoms with van der Waals surface area (Å²) in [4.78, 5) is 2.53. The average molecular weight is 247 g/mol. The lowest BCUT2D eigenvalue weighted by Gasteiger charge is -2.35. The third-order valence-corrected chi connectivity index (χ3v) is 4.08.